The van der Waals surface area contributed by atoms with Crippen molar-refractivity contribution in [2.45, 2.75) is 26.4 Å². The molecule has 0 radical (unpaired) electrons. The Hall–Kier alpha value is -3.22. The molecule has 0 saturated heterocycles. The van der Waals surface area contributed by atoms with Crippen molar-refractivity contribution in [2.75, 3.05) is 14.2 Å². The molecule has 3 rings (SSSR count). The van der Waals surface area contributed by atoms with Gasteiger partial charge >= 0.3 is 5.97 Å². The number of methoxy groups -OCH3 is 1. The number of halogens is 1. The van der Waals surface area contributed by atoms with E-state index < -0.39 is 5.97 Å². The summed E-state index contributed by atoms with van der Waals surface area (Å²) >= 11 is 0. The third-order valence-electron chi connectivity index (χ3n) is 4.62. The van der Waals surface area contributed by atoms with Gasteiger partial charge in [0.25, 0.3) is 0 Å². The first-order valence-electron chi connectivity index (χ1n) is 8.81. The number of hydrogen-bond acceptors (Lipinski definition) is 6. The summed E-state index contributed by atoms with van der Waals surface area (Å²) in [6.07, 6.45) is 1.50. The number of aryl methyl sites for hydroxylation is 2. The topological polar surface area (TPSA) is 69.5 Å². The monoisotopic (exact) mass is 384 g/mol. The molecule has 2 aromatic carbocycles. The summed E-state index contributed by atoms with van der Waals surface area (Å²) in [5.41, 5.74) is 4.79. The van der Waals surface area contributed by atoms with Crippen LogP contribution in [0.4, 0.5) is 4.39 Å². The molecule has 0 heterocycles. The lowest BCUT2D eigenvalue weighted by atomic mass is 9.99. The minimum absolute atomic E-state index is 0.0493. The molecule has 0 atom stereocenters. The highest BCUT2D eigenvalue weighted by molar-refractivity contribution is 6.43. The highest BCUT2D eigenvalue weighted by atomic mass is 19.1. The number of carbonyl (C=O) groups is 1. The molecule has 1 aliphatic rings. The maximum atomic E-state index is 13.5. The second-order valence-corrected chi connectivity index (χ2v) is 6.33. The normalized spacial score (nSPS) is 14.7. The van der Waals surface area contributed by atoms with E-state index in [9.17, 15) is 9.18 Å². The molecule has 6 nitrogen and oxygen atoms in total. The summed E-state index contributed by atoms with van der Waals surface area (Å²) in [6, 6.07) is 10.2. The van der Waals surface area contributed by atoms with Crippen LogP contribution in [0.15, 0.2) is 46.7 Å². The summed E-state index contributed by atoms with van der Waals surface area (Å²) in [5, 5.41) is 8.02. The number of rotatable bonds is 6. The summed E-state index contributed by atoms with van der Waals surface area (Å²) in [6.45, 7) is 2.02. The van der Waals surface area contributed by atoms with Gasteiger partial charge in [-0.1, -0.05) is 34.6 Å². The van der Waals surface area contributed by atoms with Gasteiger partial charge in [-0.15, -0.1) is 0 Å². The zero-order valence-electron chi connectivity index (χ0n) is 16.0. The van der Waals surface area contributed by atoms with Crippen LogP contribution in [0.5, 0.6) is 0 Å². The predicted molar refractivity (Wildman–Crippen MR) is 103 cm³/mol. The molecule has 2 aromatic rings. The van der Waals surface area contributed by atoms with Crippen LogP contribution >= 0.6 is 0 Å². The van der Waals surface area contributed by atoms with E-state index in [0.717, 1.165) is 28.7 Å². The minimum Gasteiger partial charge on any atom is -0.464 e. The Morgan fingerprint density at radius 2 is 2.00 bits per heavy atom. The highest BCUT2D eigenvalue weighted by Gasteiger charge is 2.22. The fourth-order valence-electron chi connectivity index (χ4n) is 3.19. The number of carbonyl (C=O) groups excluding carboxylic acids is 1. The SMILES string of the molecule is CO/N=C(/C(=O)OC)c1cccc(C)c1CO/N=C1\CCc2ccc(F)cc21. The average molecular weight is 384 g/mol. The number of ether oxygens (including phenoxy) is 1. The van der Waals surface area contributed by atoms with Crippen LogP contribution in [-0.2, 0) is 32.2 Å². The molecule has 1 aliphatic carbocycles. The zero-order chi connectivity index (χ0) is 20.1. The van der Waals surface area contributed by atoms with Crippen molar-refractivity contribution < 1.29 is 23.6 Å². The van der Waals surface area contributed by atoms with Gasteiger partial charge in [-0.25, -0.2) is 9.18 Å². The summed E-state index contributed by atoms with van der Waals surface area (Å²) in [7, 11) is 2.64. The van der Waals surface area contributed by atoms with Crippen LogP contribution in [0.25, 0.3) is 0 Å². The smallest absolute Gasteiger partial charge is 0.360 e. The molecule has 0 N–H and O–H groups in total. The first kappa shape index (κ1) is 19.5. The second kappa shape index (κ2) is 8.65. The summed E-state index contributed by atoms with van der Waals surface area (Å²) < 4.78 is 18.3. The lowest BCUT2D eigenvalue weighted by molar-refractivity contribution is -0.132. The minimum atomic E-state index is -0.611. The Labute approximate surface area is 162 Å². The first-order valence-corrected chi connectivity index (χ1v) is 8.81. The van der Waals surface area contributed by atoms with Crippen LogP contribution in [0.3, 0.4) is 0 Å². The molecule has 0 unspecified atom stereocenters. The van der Waals surface area contributed by atoms with E-state index in [-0.39, 0.29) is 18.1 Å². The van der Waals surface area contributed by atoms with Crippen LogP contribution in [-0.4, -0.2) is 31.6 Å². The molecular formula is C21H21FN2O4. The standard InChI is InChI=1S/C21H21FN2O4/c1-13-5-4-6-16(20(24-27-3)21(25)26-2)18(13)12-28-23-19-10-8-14-7-9-15(22)11-17(14)19/h4-7,9,11H,8,10,12H2,1-3H3/b23-19+,24-20+. The Kier molecular flexibility index (Phi) is 6.03. The van der Waals surface area contributed by atoms with Gasteiger partial charge in [0.15, 0.2) is 5.71 Å². The van der Waals surface area contributed by atoms with E-state index in [1.165, 1.54) is 26.4 Å². The van der Waals surface area contributed by atoms with Gasteiger partial charge in [0.05, 0.1) is 12.8 Å². The maximum absolute atomic E-state index is 13.5. The number of nitrogens with zero attached hydrogens (tertiary/aromatic N) is 2. The molecule has 0 spiro atoms. The molecule has 146 valence electrons. The maximum Gasteiger partial charge on any atom is 0.360 e. The fourth-order valence-corrected chi connectivity index (χ4v) is 3.19. The van der Waals surface area contributed by atoms with Crippen molar-refractivity contribution in [2.24, 2.45) is 10.3 Å². The van der Waals surface area contributed by atoms with E-state index in [4.69, 9.17) is 14.4 Å². The van der Waals surface area contributed by atoms with E-state index in [0.29, 0.717) is 17.7 Å². The molecule has 0 aliphatic heterocycles. The number of esters is 1. The molecule has 28 heavy (non-hydrogen) atoms. The summed E-state index contributed by atoms with van der Waals surface area (Å²) in [4.78, 5) is 22.5. The molecule has 0 amide bonds. The van der Waals surface area contributed by atoms with Crippen molar-refractivity contribution in [3.63, 3.8) is 0 Å². The van der Waals surface area contributed by atoms with E-state index >= 15 is 0 Å². The van der Waals surface area contributed by atoms with E-state index in [2.05, 4.69) is 10.3 Å². The Balaban J connectivity index is 1.86. The molecule has 7 heteroatoms. The van der Waals surface area contributed by atoms with Crippen molar-refractivity contribution in [3.8, 4) is 0 Å². The molecule has 0 saturated carbocycles. The fraction of sp³-hybridized carbons (Fsp3) is 0.286. The third-order valence-corrected chi connectivity index (χ3v) is 4.62. The van der Waals surface area contributed by atoms with Crippen LogP contribution < -0.4 is 0 Å². The van der Waals surface area contributed by atoms with E-state index in [1.54, 1.807) is 12.1 Å². The van der Waals surface area contributed by atoms with Crippen molar-refractivity contribution in [3.05, 3.63) is 70.0 Å². The van der Waals surface area contributed by atoms with Crippen molar-refractivity contribution in [1.82, 2.24) is 0 Å². The molecule has 0 fully saturated rings. The molecule has 0 aromatic heterocycles. The summed E-state index contributed by atoms with van der Waals surface area (Å²) in [5.74, 6) is -0.909. The Bertz CT molecular complexity index is 953. The first-order chi connectivity index (χ1) is 13.5. The molecular weight excluding hydrogens is 363 g/mol. The third kappa shape index (κ3) is 4.03. The average Bonchev–Trinajstić information content (AvgIpc) is 3.09. The number of fused-ring (bicyclic) bond motifs is 1. The van der Waals surface area contributed by atoms with Gasteiger partial charge in [-0.2, -0.15) is 0 Å². The van der Waals surface area contributed by atoms with Crippen molar-refractivity contribution >= 4 is 17.4 Å². The van der Waals surface area contributed by atoms with Gasteiger partial charge in [-0.3, -0.25) is 0 Å². The zero-order valence-corrected chi connectivity index (χ0v) is 16.0. The predicted octanol–water partition coefficient (Wildman–Crippen LogP) is 3.52. The molecule has 0 bridgehead atoms. The Morgan fingerprint density at radius 1 is 1.18 bits per heavy atom. The number of hydrogen-bond donors (Lipinski definition) is 0. The van der Waals surface area contributed by atoms with Gasteiger partial charge in [0.2, 0.25) is 0 Å². The number of benzene rings is 2. The van der Waals surface area contributed by atoms with Gasteiger partial charge < -0.3 is 14.4 Å². The Morgan fingerprint density at radius 3 is 2.75 bits per heavy atom. The van der Waals surface area contributed by atoms with Gasteiger partial charge in [-0.05, 0) is 43.0 Å². The second-order valence-electron chi connectivity index (χ2n) is 6.33. The quantitative estimate of drug-likeness (QED) is 0.434. The van der Waals surface area contributed by atoms with Gasteiger partial charge in [0, 0.05) is 16.7 Å². The van der Waals surface area contributed by atoms with Crippen molar-refractivity contribution in [1.29, 1.82) is 0 Å². The van der Waals surface area contributed by atoms with Crippen LogP contribution in [0.1, 0.15) is 34.2 Å². The number of oxime groups is 2. The lowest BCUT2D eigenvalue weighted by Crippen LogP contribution is -2.20. The lowest BCUT2D eigenvalue weighted by Gasteiger charge is -2.12. The van der Waals surface area contributed by atoms with E-state index in [1.807, 2.05) is 19.1 Å². The van der Waals surface area contributed by atoms with Crippen LogP contribution in [0.2, 0.25) is 0 Å². The van der Waals surface area contributed by atoms with Crippen LogP contribution in [0, 0.1) is 12.7 Å². The highest BCUT2D eigenvalue weighted by Crippen LogP contribution is 2.24. The largest absolute Gasteiger partial charge is 0.464 e. The van der Waals surface area contributed by atoms with Gasteiger partial charge in [0.1, 0.15) is 19.5 Å².